The van der Waals surface area contributed by atoms with E-state index in [1.165, 1.54) is 23.1 Å². The third-order valence-corrected chi connectivity index (χ3v) is 5.78. The Balaban J connectivity index is 1.62. The van der Waals surface area contributed by atoms with E-state index < -0.39 is 0 Å². The zero-order valence-electron chi connectivity index (χ0n) is 14.3. The van der Waals surface area contributed by atoms with Crippen molar-refractivity contribution in [3.05, 3.63) is 52.1 Å². The number of nitrogens with zero attached hydrogens (tertiary/aromatic N) is 4. The van der Waals surface area contributed by atoms with Gasteiger partial charge in [0, 0.05) is 22.5 Å². The average molecular weight is 440 g/mol. The van der Waals surface area contributed by atoms with Crippen molar-refractivity contribution in [1.29, 1.82) is 0 Å². The lowest BCUT2D eigenvalue weighted by molar-refractivity contribution is -0.113. The molecule has 6 nitrogen and oxygen atoms in total. The summed E-state index contributed by atoms with van der Waals surface area (Å²) in [6, 6.07) is 5.21. The Morgan fingerprint density at radius 2 is 2.22 bits per heavy atom. The topological polar surface area (TPSA) is 72.7 Å². The highest BCUT2D eigenvalue weighted by atomic mass is 35.5. The van der Waals surface area contributed by atoms with E-state index in [4.69, 9.17) is 23.2 Å². The molecule has 0 aliphatic rings. The summed E-state index contributed by atoms with van der Waals surface area (Å²) >= 11 is 14.8. The number of nitrogens with one attached hydrogen (secondary N) is 1. The van der Waals surface area contributed by atoms with Crippen molar-refractivity contribution in [3.8, 4) is 11.3 Å². The Morgan fingerprint density at radius 1 is 1.41 bits per heavy atom. The van der Waals surface area contributed by atoms with Crippen molar-refractivity contribution < 1.29 is 4.79 Å². The molecule has 10 heteroatoms. The van der Waals surface area contributed by atoms with Gasteiger partial charge in [-0.05, 0) is 25.1 Å². The van der Waals surface area contributed by atoms with Crippen molar-refractivity contribution in [3.63, 3.8) is 0 Å². The van der Waals surface area contributed by atoms with Gasteiger partial charge in [0.1, 0.15) is 5.82 Å². The molecule has 0 spiro atoms. The number of thiazole rings is 1. The van der Waals surface area contributed by atoms with Crippen LogP contribution >= 0.6 is 46.3 Å². The van der Waals surface area contributed by atoms with E-state index in [0.717, 1.165) is 11.4 Å². The van der Waals surface area contributed by atoms with Crippen LogP contribution in [0.1, 0.15) is 5.82 Å². The Labute approximate surface area is 174 Å². The summed E-state index contributed by atoms with van der Waals surface area (Å²) in [7, 11) is 0. The van der Waals surface area contributed by atoms with E-state index in [0.29, 0.717) is 32.6 Å². The first-order valence-electron chi connectivity index (χ1n) is 7.82. The summed E-state index contributed by atoms with van der Waals surface area (Å²) in [5.41, 5.74) is 1.45. The molecule has 2 heterocycles. The monoisotopic (exact) mass is 439 g/mol. The molecule has 140 valence electrons. The highest BCUT2D eigenvalue weighted by Gasteiger charge is 2.13. The Hall–Kier alpha value is -1.87. The first kappa shape index (κ1) is 19.9. The standard InChI is InChI=1S/C17H15Cl2N5OS2/c1-3-6-24-10(2)22-23-17(24)27-9-15(25)21-16-20-14(8-26-16)12-5-4-11(18)7-13(12)19/h3-5,7-8H,1,6,9H2,2H3,(H,20,21,25). The van der Waals surface area contributed by atoms with Gasteiger partial charge in [0.05, 0.1) is 16.5 Å². The van der Waals surface area contributed by atoms with Crippen molar-refractivity contribution in [1.82, 2.24) is 19.7 Å². The summed E-state index contributed by atoms with van der Waals surface area (Å²) in [5, 5.41) is 15.0. The van der Waals surface area contributed by atoms with Gasteiger partial charge < -0.3 is 9.88 Å². The molecule has 27 heavy (non-hydrogen) atoms. The molecule has 0 atom stereocenters. The van der Waals surface area contributed by atoms with E-state index in [1.54, 1.807) is 24.3 Å². The van der Waals surface area contributed by atoms with Crippen LogP contribution in [-0.4, -0.2) is 31.4 Å². The quantitative estimate of drug-likeness (QED) is 0.417. The van der Waals surface area contributed by atoms with E-state index in [2.05, 4.69) is 27.1 Å². The lowest BCUT2D eigenvalue weighted by Crippen LogP contribution is -2.14. The lowest BCUT2D eigenvalue weighted by Gasteiger charge is -2.05. The number of carbonyl (C=O) groups is 1. The number of thioether (sulfide) groups is 1. The predicted octanol–water partition coefficient (Wildman–Crippen LogP) is 4.93. The van der Waals surface area contributed by atoms with E-state index >= 15 is 0 Å². The number of carbonyl (C=O) groups excluding carboxylic acids is 1. The average Bonchev–Trinajstić information content (AvgIpc) is 3.21. The number of anilines is 1. The fourth-order valence-electron chi connectivity index (χ4n) is 2.25. The Kier molecular flexibility index (Phi) is 6.54. The summed E-state index contributed by atoms with van der Waals surface area (Å²) in [6.45, 7) is 6.18. The molecule has 0 saturated heterocycles. The predicted molar refractivity (Wildman–Crippen MR) is 112 cm³/mol. The molecule has 0 fully saturated rings. The Morgan fingerprint density at radius 3 is 2.96 bits per heavy atom. The largest absolute Gasteiger partial charge is 0.302 e. The summed E-state index contributed by atoms with van der Waals surface area (Å²) < 4.78 is 1.90. The highest BCUT2D eigenvalue weighted by Crippen LogP contribution is 2.32. The molecule has 1 amide bonds. The maximum Gasteiger partial charge on any atom is 0.236 e. The van der Waals surface area contributed by atoms with Gasteiger partial charge in [-0.1, -0.05) is 41.0 Å². The smallest absolute Gasteiger partial charge is 0.236 e. The van der Waals surface area contributed by atoms with Crippen molar-refractivity contribution in [2.75, 3.05) is 11.1 Å². The third-order valence-electron chi connectivity index (χ3n) is 3.50. The van der Waals surface area contributed by atoms with Gasteiger partial charge >= 0.3 is 0 Å². The van der Waals surface area contributed by atoms with Crippen LogP contribution in [0.4, 0.5) is 5.13 Å². The van der Waals surface area contributed by atoms with Gasteiger partial charge in [0.2, 0.25) is 5.91 Å². The van der Waals surface area contributed by atoms with E-state index in [-0.39, 0.29) is 11.7 Å². The van der Waals surface area contributed by atoms with Gasteiger partial charge in [-0.15, -0.1) is 28.1 Å². The van der Waals surface area contributed by atoms with Crippen LogP contribution in [0.15, 0.2) is 41.4 Å². The number of halogens is 2. The van der Waals surface area contributed by atoms with Gasteiger partial charge in [0.15, 0.2) is 10.3 Å². The zero-order chi connectivity index (χ0) is 19.4. The number of hydrogen-bond acceptors (Lipinski definition) is 6. The SMILES string of the molecule is C=CCn1c(C)nnc1SCC(=O)Nc1nc(-c2ccc(Cl)cc2Cl)cs1. The molecule has 3 rings (SSSR count). The van der Waals surface area contributed by atoms with Crippen LogP contribution in [-0.2, 0) is 11.3 Å². The molecule has 0 saturated carbocycles. The zero-order valence-corrected chi connectivity index (χ0v) is 17.4. The maximum atomic E-state index is 12.2. The van der Waals surface area contributed by atoms with Crippen LogP contribution in [0, 0.1) is 6.92 Å². The van der Waals surface area contributed by atoms with Crippen LogP contribution in [0.2, 0.25) is 10.0 Å². The molecule has 2 aromatic heterocycles. The Bertz CT molecular complexity index is 986. The molecule has 0 aliphatic carbocycles. The molecule has 0 unspecified atom stereocenters. The van der Waals surface area contributed by atoms with Crippen LogP contribution in [0.5, 0.6) is 0 Å². The van der Waals surface area contributed by atoms with Crippen molar-refractivity contribution in [2.24, 2.45) is 0 Å². The second kappa shape index (κ2) is 8.88. The molecule has 0 radical (unpaired) electrons. The number of hydrogen-bond donors (Lipinski definition) is 1. The maximum absolute atomic E-state index is 12.2. The van der Waals surface area contributed by atoms with Crippen LogP contribution in [0.3, 0.4) is 0 Å². The summed E-state index contributed by atoms with van der Waals surface area (Å²) in [5.74, 6) is 0.808. The minimum absolute atomic E-state index is 0.172. The molecular formula is C17H15Cl2N5OS2. The number of aromatic nitrogens is 4. The fraction of sp³-hybridized carbons (Fsp3) is 0.176. The first-order chi connectivity index (χ1) is 13.0. The minimum Gasteiger partial charge on any atom is -0.302 e. The van der Waals surface area contributed by atoms with Crippen molar-refractivity contribution >= 4 is 57.3 Å². The van der Waals surface area contributed by atoms with Crippen LogP contribution < -0.4 is 5.32 Å². The molecule has 1 N–H and O–H groups in total. The first-order valence-corrected chi connectivity index (χ1v) is 10.4. The molecule has 3 aromatic rings. The van der Waals surface area contributed by atoms with Crippen LogP contribution in [0.25, 0.3) is 11.3 Å². The van der Waals surface area contributed by atoms with Gasteiger partial charge in [-0.2, -0.15) is 0 Å². The second-order valence-electron chi connectivity index (χ2n) is 5.43. The van der Waals surface area contributed by atoms with Crippen molar-refractivity contribution in [2.45, 2.75) is 18.6 Å². The van der Waals surface area contributed by atoms with Gasteiger partial charge in [-0.3, -0.25) is 4.79 Å². The van der Waals surface area contributed by atoms with Gasteiger partial charge in [-0.25, -0.2) is 4.98 Å². The van der Waals surface area contributed by atoms with E-state index in [9.17, 15) is 4.79 Å². The number of aryl methyl sites for hydroxylation is 1. The molecule has 0 aliphatic heterocycles. The highest BCUT2D eigenvalue weighted by molar-refractivity contribution is 7.99. The number of rotatable bonds is 7. The number of allylic oxidation sites excluding steroid dienone is 1. The van der Waals surface area contributed by atoms with E-state index in [1.807, 2.05) is 16.9 Å². The third kappa shape index (κ3) is 4.90. The number of benzene rings is 1. The lowest BCUT2D eigenvalue weighted by atomic mass is 10.2. The molecule has 0 bridgehead atoms. The summed E-state index contributed by atoms with van der Waals surface area (Å²) in [4.78, 5) is 16.7. The van der Waals surface area contributed by atoms with Gasteiger partial charge in [0.25, 0.3) is 0 Å². The fourth-order valence-corrected chi connectivity index (χ4v) is 4.27. The summed E-state index contributed by atoms with van der Waals surface area (Å²) in [6.07, 6.45) is 1.76. The molecule has 1 aromatic carbocycles. The second-order valence-corrected chi connectivity index (χ2v) is 8.07. The minimum atomic E-state index is -0.172. The molecular weight excluding hydrogens is 425 g/mol. The normalized spacial score (nSPS) is 10.8. The number of amides is 1.